The monoisotopic (exact) mass is 806 g/mol. The lowest BCUT2D eigenvalue weighted by atomic mass is 9.69. The number of thiophene rings is 1. The molecule has 3 heteroatoms. The Hall–Kier alpha value is -7.72. The first-order valence-corrected chi connectivity index (χ1v) is 22.2. The second kappa shape index (κ2) is 13.7. The van der Waals surface area contributed by atoms with Gasteiger partial charge in [0, 0.05) is 54.0 Å². The van der Waals surface area contributed by atoms with E-state index in [2.05, 4.69) is 240 Å². The molecule has 0 saturated heterocycles. The summed E-state index contributed by atoms with van der Waals surface area (Å²) >= 11 is 1.86. The van der Waals surface area contributed by atoms with Crippen molar-refractivity contribution in [2.24, 2.45) is 0 Å². The second-order valence-electron chi connectivity index (χ2n) is 16.4. The Kier molecular flexibility index (Phi) is 7.72. The molecule has 2 aliphatic carbocycles. The number of nitrogens with zero attached hydrogens (tertiary/aromatic N) is 2. The molecule has 0 bridgehead atoms. The smallest absolute Gasteiger partial charge is 0.0747 e. The summed E-state index contributed by atoms with van der Waals surface area (Å²) < 4.78 is 2.60. The summed E-state index contributed by atoms with van der Waals surface area (Å²) in [6.07, 6.45) is 0. The van der Waals surface area contributed by atoms with Gasteiger partial charge >= 0.3 is 0 Å². The van der Waals surface area contributed by atoms with Gasteiger partial charge in [-0.25, -0.2) is 0 Å². The maximum Gasteiger partial charge on any atom is 0.0747 e. The Morgan fingerprint density at radius 3 is 1.52 bits per heavy atom. The standard InChI is InChI=1S/C59H38N2S/c1-4-20-40(21-5-1)60(41-22-6-2-7-23-41)52-33-18-32-51-57(52)47-29-13-16-31-50(47)59(51)49-30-15-12-28-46(49)56-44-26-11-10-19-39(44)37-53(58(56)59)61(42-24-8-3-9-25-42)43-35-36-55-48(38-43)45-27-14-17-34-54(45)62-55/h1-38H. The number of hydrogen-bond donors (Lipinski definition) is 0. The Labute approximate surface area is 364 Å². The fraction of sp³-hybridized carbons (Fsp3) is 0.0169. The zero-order chi connectivity index (χ0) is 40.8. The van der Waals surface area contributed by atoms with Crippen LogP contribution >= 0.6 is 11.3 Å². The molecule has 1 aromatic heterocycles. The van der Waals surface area contributed by atoms with Gasteiger partial charge in [-0.2, -0.15) is 0 Å². The molecular formula is C59H38N2S. The molecule has 1 atom stereocenters. The summed E-state index contributed by atoms with van der Waals surface area (Å²) in [6, 6.07) is 85.4. The van der Waals surface area contributed by atoms with E-state index < -0.39 is 5.41 Å². The van der Waals surface area contributed by atoms with Gasteiger partial charge in [0.2, 0.25) is 0 Å². The quantitative estimate of drug-likeness (QED) is 0.165. The first-order valence-electron chi connectivity index (χ1n) is 21.4. The lowest BCUT2D eigenvalue weighted by molar-refractivity contribution is 0.793. The molecule has 0 aliphatic heterocycles. The molecule has 290 valence electrons. The maximum absolute atomic E-state index is 2.54. The fourth-order valence-corrected chi connectivity index (χ4v) is 11.9. The molecule has 2 aliphatic rings. The average molecular weight is 807 g/mol. The molecule has 62 heavy (non-hydrogen) atoms. The van der Waals surface area contributed by atoms with Crippen LogP contribution in [0.4, 0.5) is 34.1 Å². The van der Waals surface area contributed by atoms with Crippen LogP contribution < -0.4 is 9.80 Å². The third-order valence-electron chi connectivity index (χ3n) is 13.2. The molecule has 11 aromatic rings. The van der Waals surface area contributed by atoms with E-state index in [1.54, 1.807) is 0 Å². The van der Waals surface area contributed by atoms with Crippen LogP contribution in [0.3, 0.4) is 0 Å². The van der Waals surface area contributed by atoms with E-state index in [-0.39, 0.29) is 0 Å². The number of hydrogen-bond acceptors (Lipinski definition) is 3. The van der Waals surface area contributed by atoms with Gasteiger partial charge < -0.3 is 9.80 Å². The van der Waals surface area contributed by atoms with Gasteiger partial charge in [0.1, 0.15) is 0 Å². The zero-order valence-corrected chi connectivity index (χ0v) is 34.6. The van der Waals surface area contributed by atoms with Crippen LogP contribution in [-0.2, 0) is 5.41 Å². The van der Waals surface area contributed by atoms with Crippen LogP contribution in [0, 0.1) is 0 Å². The number of anilines is 6. The van der Waals surface area contributed by atoms with E-state index in [9.17, 15) is 0 Å². The first kappa shape index (κ1) is 35.1. The van der Waals surface area contributed by atoms with Crippen molar-refractivity contribution in [3.05, 3.63) is 253 Å². The molecular weight excluding hydrogens is 769 g/mol. The summed E-state index contributed by atoms with van der Waals surface area (Å²) in [7, 11) is 0. The topological polar surface area (TPSA) is 6.48 Å². The van der Waals surface area contributed by atoms with Crippen LogP contribution in [0.1, 0.15) is 22.3 Å². The Balaban J connectivity index is 1.18. The number of benzene rings is 10. The highest BCUT2D eigenvalue weighted by atomic mass is 32.1. The van der Waals surface area contributed by atoms with Gasteiger partial charge in [-0.3, -0.25) is 0 Å². The summed E-state index contributed by atoms with van der Waals surface area (Å²) in [6.45, 7) is 0. The van der Waals surface area contributed by atoms with Gasteiger partial charge in [0.25, 0.3) is 0 Å². The Morgan fingerprint density at radius 2 is 0.839 bits per heavy atom. The molecule has 0 fully saturated rings. The highest BCUT2D eigenvalue weighted by Gasteiger charge is 2.54. The van der Waals surface area contributed by atoms with E-state index in [0.29, 0.717) is 0 Å². The molecule has 2 nitrogen and oxygen atoms in total. The minimum absolute atomic E-state index is 0.640. The molecule has 10 aromatic carbocycles. The van der Waals surface area contributed by atoms with Crippen LogP contribution in [-0.4, -0.2) is 0 Å². The Bertz CT molecular complexity index is 3500. The molecule has 1 heterocycles. The number of para-hydroxylation sites is 3. The summed E-state index contributed by atoms with van der Waals surface area (Å²) in [5.74, 6) is 0. The van der Waals surface area contributed by atoms with E-state index in [1.165, 1.54) is 81.1 Å². The van der Waals surface area contributed by atoms with Crippen molar-refractivity contribution in [2.45, 2.75) is 5.41 Å². The van der Waals surface area contributed by atoms with Gasteiger partial charge in [-0.15, -0.1) is 11.3 Å². The van der Waals surface area contributed by atoms with Crippen molar-refractivity contribution in [2.75, 3.05) is 9.80 Å². The SMILES string of the molecule is c1ccc(N(c2ccccc2)c2cccc3c2-c2ccccc2C32c3ccccc3-c3c2c(N(c2ccccc2)c2ccc4sc5ccccc5c4c2)cc2ccccc32)cc1. The Morgan fingerprint density at radius 1 is 0.323 bits per heavy atom. The van der Waals surface area contributed by atoms with Crippen molar-refractivity contribution < 1.29 is 0 Å². The highest BCUT2D eigenvalue weighted by Crippen LogP contribution is 2.68. The largest absolute Gasteiger partial charge is 0.310 e. The van der Waals surface area contributed by atoms with E-state index in [1.807, 2.05) is 11.3 Å². The predicted octanol–water partition coefficient (Wildman–Crippen LogP) is 16.5. The van der Waals surface area contributed by atoms with Gasteiger partial charge in [-0.1, -0.05) is 158 Å². The summed E-state index contributed by atoms with van der Waals surface area (Å²) in [4.78, 5) is 4.98. The zero-order valence-electron chi connectivity index (χ0n) is 33.7. The molecule has 0 N–H and O–H groups in total. The molecule has 13 rings (SSSR count). The van der Waals surface area contributed by atoms with E-state index >= 15 is 0 Å². The van der Waals surface area contributed by atoms with Crippen molar-refractivity contribution in [1.29, 1.82) is 0 Å². The van der Waals surface area contributed by atoms with Crippen LogP contribution in [0.25, 0.3) is 53.2 Å². The normalized spacial score (nSPS) is 14.5. The third kappa shape index (κ3) is 4.91. The van der Waals surface area contributed by atoms with E-state index in [4.69, 9.17) is 0 Å². The van der Waals surface area contributed by atoms with Gasteiger partial charge in [-0.05, 0) is 117 Å². The average Bonchev–Trinajstić information content (AvgIpc) is 3.97. The highest BCUT2D eigenvalue weighted by molar-refractivity contribution is 7.25. The predicted molar refractivity (Wildman–Crippen MR) is 263 cm³/mol. The summed E-state index contributed by atoms with van der Waals surface area (Å²) in [5, 5.41) is 5.06. The fourth-order valence-electron chi connectivity index (χ4n) is 10.8. The van der Waals surface area contributed by atoms with Gasteiger partial charge in [0.05, 0.1) is 16.8 Å². The van der Waals surface area contributed by atoms with Crippen molar-refractivity contribution in [3.8, 4) is 22.3 Å². The maximum atomic E-state index is 2.54. The van der Waals surface area contributed by atoms with Crippen molar-refractivity contribution >= 4 is 76.4 Å². The molecule has 0 amide bonds. The molecule has 1 unspecified atom stereocenters. The summed E-state index contributed by atoms with van der Waals surface area (Å²) in [5.41, 5.74) is 16.5. The van der Waals surface area contributed by atoms with Crippen LogP contribution in [0.5, 0.6) is 0 Å². The molecule has 0 saturated carbocycles. The number of fused-ring (bicyclic) bond motifs is 15. The minimum atomic E-state index is -0.640. The number of rotatable bonds is 6. The van der Waals surface area contributed by atoms with Crippen LogP contribution in [0.15, 0.2) is 231 Å². The first-order chi connectivity index (χ1) is 30.8. The molecule has 0 radical (unpaired) electrons. The van der Waals surface area contributed by atoms with Crippen LogP contribution in [0.2, 0.25) is 0 Å². The van der Waals surface area contributed by atoms with Crippen molar-refractivity contribution in [3.63, 3.8) is 0 Å². The second-order valence-corrected chi connectivity index (χ2v) is 17.4. The molecule has 1 spiro atoms. The lowest BCUT2D eigenvalue weighted by Crippen LogP contribution is -2.28. The van der Waals surface area contributed by atoms with E-state index in [0.717, 1.165) is 28.4 Å². The third-order valence-corrected chi connectivity index (χ3v) is 14.3. The minimum Gasteiger partial charge on any atom is -0.310 e. The van der Waals surface area contributed by atoms with Crippen molar-refractivity contribution in [1.82, 2.24) is 0 Å². The lowest BCUT2D eigenvalue weighted by Gasteiger charge is -2.36. The van der Waals surface area contributed by atoms with Gasteiger partial charge in [0.15, 0.2) is 0 Å².